The molecule has 70 valence electrons. The molecule has 0 bridgehead atoms. The fourth-order valence-corrected chi connectivity index (χ4v) is 1.22. The van der Waals surface area contributed by atoms with Crippen LogP contribution < -0.4 is 0 Å². The number of carbonyl (C=O) groups is 1. The van der Waals surface area contributed by atoms with Crippen LogP contribution >= 0.6 is 0 Å². The molecule has 0 fully saturated rings. The molecule has 0 N–H and O–H groups in total. The third kappa shape index (κ3) is 2.31. The lowest BCUT2D eigenvalue weighted by molar-refractivity contribution is 0.104. The van der Waals surface area contributed by atoms with Gasteiger partial charge in [0, 0.05) is 0 Å². The molecule has 0 saturated carbocycles. The maximum absolute atomic E-state index is 11.6. The monoisotopic (exact) mass is 178 g/mol. The van der Waals surface area contributed by atoms with Crippen molar-refractivity contribution in [2.45, 2.75) is 27.7 Å². The summed E-state index contributed by atoms with van der Waals surface area (Å²) in [6, 6.07) is 1.77. The first-order valence-corrected chi connectivity index (χ1v) is 4.27. The first-order chi connectivity index (χ1) is 6.00. The lowest BCUT2D eigenvalue weighted by Gasteiger charge is -1.92. The zero-order valence-corrected chi connectivity index (χ0v) is 8.47. The van der Waals surface area contributed by atoms with E-state index in [0.29, 0.717) is 11.3 Å². The van der Waals surface area contributed by atoms with Gasteiger partial charge in [-0.25, -0.2) is 0 Å². The zero-order chi connectivity index (χ0) is 10.0. The molecule has 0 aliphatic rings. The third-order valence-electron chi connectivity index (χ3n) is 1.73. The van der Waals surface area contributed by atoms with E-state index in [1.54, 1.807) is 19.1 Å². The van der Waals surface area contributed by atoms with Crippen molar-refractivity contribution in [1.29, 1.82) is 0 Å². The van der Waals surface area contributed by atoms with Gasteiger partial charge in [0.1, 0.15) is 11.5 Å². The smallest absolute Gasteiger partial charge is 0.189 e. The van der Waals surface area contributed by atoms with Crippen LogP contribution in [0.2, 0.25) is 0 Å². The van der Waals surface area contributed by atoms with Crippen molar-refractivity contribution in [2.24, 2.45) is 0 Å². The third-order valence-corrected chi connectivity index (χ3v) is 1.73. The Bertz CT molecular complexity index is 352. The highest BCUT2D eigenvalue weighted by molar-refractivity contribution is 6.05. The highest BCUT2D eigenvalue weighted by Crippen LogP contribution is 2.15. The van der Waals surface area contributed by atoms with E-state index >= 15 is 0 Å². The Labute approximate surface area is 78.3 Å². The molecular weight excluding hydrogens is 164 g/mol. The Morgan fingerprint density at radius 2 is 2.00 bits per heavy atom. The number of rotatable bonds is 2. The maximum atomic E-state index is 11.6. The van der Waals surface area contributed by atoms with Crippen LogP contribution in [0.1, 0.15) is 35.7 Å². The topological polar surface area (TPSA) is 30.2 Å². The maximum Gasteiger partial charge on any atom is 0.189 e. The molecule has 0 amide bonds. The summed E-state index contributed by atoms with van der Waals surface area (Å²) < 4.78 is 5.27. The SMILES string of the molecule is CC(C)=CC(=O)c1cc(C)oc1C. The molecule has 0 atom stereocenters. The number of hydrogen-bond acceptors (Lipinski definition) is 2. The van der Waals surface area contributed by atoms with Crippen LogP contribution in [0.5, 0.6) is 0 Å². The summed E-state index contributed by atoms with van der Waals surface area (Å²) in [4.78, 5) is 11.6. The second-order valence-corrected chi connectivity index (χ2v) is 3.41. The number of allylic oxidation sites excluding steroid dienone is 2. The average molecular weight is 178 g/mol. The summed E-state index contributed by atoms with van der Waals surface area (Å²) in [6.07, 6.45) is 1.62. The standard InChI is InChI=1S/C11H14O2/c1-7(2)5-11(12)10-6-8(3)13-9(10)4/h5-6H,1-4H3. The molecule has 0 radical (unpaired) electrons. The minimum atomic E-state index is 0.0225. The van der Waals surface area contributed by atoms with Gasteiger partial charge in [0.25, 0.3) is 0 Å². The minimum Gasteiger partial charge on any atom is -0.466 e. The second-order valence-electron chi connectivity index (χ2n) is 3.41. The molecule has 1 aromatic heterocycles. The molecule has 0 saturated heterocycles. The first-order valence-electron chi connectivity index (χ1n) is 4.27. The van der Waals surface area contributed by atoms with Crippen molar-refractivity contribution in [3.05, 3.63) is 34.8 Å². The predicted octanol–water partition coefficient (Wildman–Crippen LogP) is 3.05. The number of furan rings is 1. The van der Waals surface area contributed by atoms with Crippen LogP contribution in [-0.4, -0.2) is 5.78 Å². The number of hydrogen-bond donors (Lipinski definition) is 0. The van der Waals surface area contributed by atoms with Gasteiger partial charge < -0.3 is 4.42 Å². The molecule has 1 heterocycles. The van der Waals surface area contributed by atoms with E-state index < -0.39 is 0 Å². The van der Waals surface area contributed by atoms with Crippen molar-refractivity contribution >= 4 is 5.78 Å². The lowest BCUT2D eigenvalue weighted by Crippen LogP contribution is -1.94. The van der Waals surface area contributed by atoms with Gasteiger partial charge in [0.15, 0.2) is 5.78 Å². The van der Waals surface area contributed by atoms with Crippen molar-refractivity contribution in [1.82, 2.24) is 0 Å². The van der Waals surface area contributed by atoms with Crippen LogP contribution in [0.15, 0.2) is 22.1 Å². The summed E-state index contributed by atoms with van der Waals surface area (Å²) >= 11 is 0. The molecule has 2 heteroatoms. The van der Waals surface area contributed by atoms with Gasteiger partial charge >= 0.3 is 0 Å². The van der Waals surface area contributed by atoms with Gasteiger partial charge in [-0.3, -0.25) is 4.79 Å². The van der Waals surface area contributed by atoms with E-state index in [-0.39, 0.29) is 5.78 Å². The Hall–Kier alpha value is -1.31. The van der Waals surface area contributed by atoms with Gasteiger partial charge in [-0.05, 0) is 39.8 Å². The van der Waals surface area contributed by atoms with Gasteiger partial charge in [-0.1, -0.05) is 5.57 Å². The van der Waals surface area contributed by atoms with Gasteiger partial charge in [-0.15, -0.1) is 0 Å². The van der Waals surface area contributed by atoms with E-state index in [1.807, 2.05) is 20.8 Å². The van der Waals surface area contributed by atoms with Crippen molar-refractivity contribution in [3.63, 3.8) is 0 Å². The van der Waals surface area contributed by atoms with Gasteiger partial charge in [0.2, 0.25) is 0 Å². The predicted molar refractivity (Wildman–Crippen MR) is 51.9 cm³/mol. The summed E-state index contributed by atoms with van der Waals surface area (Å²) in [5, 5.41) is 0. The average Bonchev–Trinajstić information content (AvgIpc) is 2.28. The number of carbonyl (C=O) groups excluding carboxylic acids is 1. The van der Waals surface area contributed by atoms with E-state index in [9.17, 15) is 4.79 Å². The Balaban J connectivity index is 3.02. The van der Waals surface area contributed by atoms with Crippen LogP contribution in [0.25, 0.3) is 0 Å². The first kappa shape index (κ1) is 9.78. The van der Waals surface area contributed by atoms with Crippen LogP contribution in [0, 0.1) is 13.8 Å². The summed E-state index contributed by atoms with van der Waals surface area (Å²) in [6.45, 7) is 7.45. The Morgan fingerprint density at radius 1 is 1.38 bits per heavy atom. The van der Waals surface area contributed by atoms with E-state index in [1.165, 1.54) is 0 Å². The van der Waals surface area contributed by atoms with Crippen LogP contribution in [0.3, 0.4) is 0 Å². The fourth-order valence-electron chi connectivity index (χ4n) is 1.22. The van der Waals surface area contributed by atoms with Gasteiger partial charge in [-0.2, -0.15) is 0 Å². The molecule has 13 heavy (non-hydrogen) atoms. The highest BCUT2D eigenvalue weighted by Gasteiger charge is 2.10. The molecule has 0 aromatic carbocycles. The van der Waals surface area contributed by atoms with Crippen LogP contribution in [-0.2, 0) is 0 Å². The fraction of sp³-hybridized carbons (Fsp3) is 0.364. The number of ketones is 1. The molecule has 0 aliphatic heterocycles. The minimum absolute atomic E-state index is 0.0225. The summed E-state index contributed by atoms with van der Waals surface area (Å²) in [5.41, 5.74) is 1.67. The van der Waals surface area contributed by atoms with Gasteiger partial charge in [0.05, 0.1) is 5.56 Å². The lowest BCUT2D eigenvalue weighted by atomic mass is 10.1. The molecule has 0 spiro atoms. The normalized spacial score (nSPS) is 9.85. The van der Waals surface area contributed by atoms with E-state index in [4.69, 9.17) is 4.42 Å². The molecule has 0 aliphatic carbocycles. The number of aryl methyl sites for hydroxylation is 2. The molecule has 1 aromatic rings. The molecule has 2 nitrogen and oxygen atoms in total. The summed E-state index contributed by atoms with van der Waals surface area (Å²) in [7, 11) is 0. The quantitative estimate of drug-likeness (QED) is 0.514. The second kappa shape index (κ2) is 3.60. The van der Waals surface area contributed by atoms with E-state index in [0.717, 1.165) is 11.3 Å². The highest BCUT2D eigenvalue weighted by atomic mass is 16.3. The largest absolute Gasteiger partial charge is 0.466 e. The molecule has 1 rings (SSSR count). The molecular formula is C11H14O2. The zero-order valence-electron chi connectivity index (χ0n) is 8.47. The van der Waals surface area contributed by atoms with Crippen molar-refractivity contribution < 1.29 is 9.21 Å². The van der Waals surface area contributed by atoms with Crippen LogP contribution in [0.4, 0.5) is 0 Å². The summed E-state index contributed by atoms with van der Waals surface area (Å²) in [5.74, 6) is 1.50. The van der Waals surface area contributed by atoms with Crippen molar-refractivity contribution in [3.8, 4) is 0 Å². The Morgan fingerprint density at radius 3 is 2.38 bits per heavy atom. The van der Waals surface area contributed by atoms with E-state index in [2.05, 4.69) is 0 Å². The van der Waals surface area contributed by atoms with Crippen molar-refractivity contribution in [2.75, 3.05) is 0 Å². The molecule has 0 unspecified atom stereocenters. The Kier molecular flexibility index (Phi) is 2.71.